The first-order chi connectivity index (χ1) is 17.4. The van der Waals surface area contributed by atoms with Crippen molar-refractivity contribution in [1.29, 1.82) is 10.5 Å². The van der Waals surface area contributed by atoms with Gasteiger partial charge in [0.15, 0.2) is 17.3 Å². The van der Waals surface area contributed by atoms with Crippen molar-refractivity contribution in [3.8, 4) is 23.6 Å². The lowest BCUT2D eigenvalue weighted by atomic mass is 10.0. The Morgan fingerprint density at radius 2 is 1.83 bits per heavy atom. The summed E-state index contributed by atoms with van der Waals surface area (Å²) >= 11 is 1.04. The van der Waals surface area contributed by atoms with Crippen LogP contribution in [0.3, 0.4) is 0 Å². The molecular formula is C28H24N2O5S. The van der Waals surface area contributed by atoms with Gasteiger partial charge in [0.2, 0.25) is 0 Å². The zero-order chi connectivity index (χ0) is 26.1. The summed E-state index contributed by atoms with van der Waals surface area (Å²) in [5.74, 6) is -0.00588. The van der Waals surface area contributed by atoms with Gasteiger partial charge in [-0.05, 0) is 48.7 Å². The number of carbonyl (C=O) groups excluding carboxylic acids is 2. The van der Waals surface area contributed by atoms with Crippen molar-refractivity contribution < 1.29 is 23.8 Å². The summed E-state index contributed by atoms with van der Waals surface area (Å²) in [4.78, 5) is 25.8. The van der Waals surface area contributed by atoms with Gasteiger partial charge in [-0.15, -0.1) is 11.3 Å². The molecule has 0 aliphatic heterocycles. The van der Waals surface area contributed by atoms with Crippen molar-refractivity contribution in [2.24, 2.45) is 0 Å². The van der Waals surface area contributed by atoms with Gasteiger partial charge in [0.05, 0.1) is 24.9 Å². The zero-order valence-electron chi connectivity index (χ0n) is 20.2. The monoisotopic (exact) mass is 500 g/mol. The minimum atomic E-state index is -0.534. The lowest BCUT2D eigenvalue weighted by molar-refractivity contribution is -0.114. The summed E-state index contributed by atoms with van der Waals surface area (Å²) in [6.45, 7) is 3.90. The third-order valence-corrected chi connectivity index (χ3v) is 6.54. The molecule has 2 aromatic carbocycles. The molecule has 0 aliphatic rings. The molecule has 0 fully saturated rings. The van der Waals surface area contributed by atoms with Crippen molar-refractivity contribution in [3.05, 3.63) is 86.1 Å². The van der Waals surface area contributed by atoms with Crippen LogP contribution in [0.15, 0.2) is 54.1 Å². The number of nitrogens with zero attached hydrogens (tertiary/aromatic N) is 2. The van der Waals surface area contributed by atoms with E-state index in [4.69, 9.17) is 14.2 Å². The van der Waals surface area contributed by atoms with Gasteiger partial charge in [0.25, 0.3) is 0 Å². The largest absolute Gasteiger partial charge is 0.493 e. The molecule has 0 amide bonds. The Labute approximate surface area is 213 Å². The fraction of sp³-hybridized carbons (Fsp3) is 0.214. The first-order valence-corrected chi connectivity index (χ1v) is 11.9. The van der Waals surface area contributed by atoms with Crippen molar-refractivity contribution in [3.63, 3.8) is 0 Å². The molecular weight excluding hydrogens is 476 g/mol. The number of allylic oxidation sites excluding steroid dienone is 1. The van der Waals surface area contributed by atoms with E-state index in [9.17, 15) is 20.1 Å². The summed E-state index contributed by atoms with van der Waals surface area (Å²) in [7, 11) is 1.51. The molecule has 0 bridgehead atoms. The number of hydrogen-bond donors (Lipinski definition) is 0. The van der Waals surface area contributed by atoms with Crippen LogP contribution < -0.4 is 9.47 Å². The highest BCUT2D eigenvalue weighted by molar-refractivity contribution is 7.14. The van der Waals surface area contributed by atoms with Crippen LogP contribution >= 0.6 is 11.3 Å². The lowest BCUT2D eigenvalue weighted by Crippen LogP contribution is -2.05. The minimum Gasteiger partial charge on any atom is -0.493 e. The Hall–Kier alpha value is -4.40. The topological polar surface area (TPSA) is 109 Å². The maximum atomic E-state index is 12.9. The molecule has 182 valence electrons. The van der Waals surface area contributed by atoms with Crippen molar-refractivity contribution in [2.75, 3.05) is 13.7 Å². The van der Waals surface area contributed by atoms with Crippen LogP contribution in [0.4, 0.5) is 0 Å². The number of thiophene rings is 1. The van der Waals surface area contributed by atoms with Crippen LogP contribution in [0.25, 0.3) is 6.08 Å². The quantitative estimate of drug-likeness (QED) is 0.208. The zero-order valence-corrected chi connectivity index (χ0v) is 21.0. The van der Waals surface area contributed by atoms with Gasteiger partial charge >= 0.3 is 5.97 Å². The van der Waals surface area contributed by atoms with E-state index in [-0.39, 0.29) is 29.0 Å². The van der Waals surface area contributed by atoms with Gasteiger partial charge < -0.3 is 14.2 Å². The molecule has 36 heavy (non-hydrogen) atoms. The molecule has 0 aliphatic carbocycles. The Morgan fingerprint density at radius 1 is 1.08 bits per heavy atom. The van der Waals surface area contributed by atoms with Crippen LogP contribution in [0.2, 0.25) is 0 Å². The van der Waals surface area contributed by atoms with Gasteiger partial charge in [0.1, 0.15) is 23.6 Å². The number of Topliss-reactive ketones (excluding diaryl/α,β-unsaturated/α-hetero) is 1. The van der Waals surface area contributed by atoms with E-state index in [1.807, 2.05) is 36.4 Å². The number of methoxy groups -OCH3 is 1. The number of esters is 1. The van der Waals surface area contributed by atoms with Crippen LogP contribution in [0, 0.1) is 29.6 Å². The smallest absolute Gasteiger partial charge is 0.348 e. The van der Waals surface area contributed by atoms with E-state index >= 15 is 0 Å². The lowest BCUT2D eigenvalue weighted by Gasteiger charge is -2.11. The van der Waals surface area contributed by atoms with Crippen LogP contribution in [-0.4, -0.2) is 25.5 Å². The number of nitriles is 2. The summed E-state index contributed by atoms with van der Waals surface area (Å²) < 4.78 is 16.3. The molecule has 8 heteroatoms. The van der Waals surface area contributed by atoms with Crippen molar-refractivity contribution in [1.82, 2.24) is 0 Å². The number of ether oxygens (including phenoxy) is 3. The van der Waals surface area contributed by atoms with E-state index < -0.39 is 11.8 Å². The Balaban J connectivity index is 1.81. The van der Waals surface area contributed by atoms with Crippen molar-refractivity contribution in [2.45, 2.75) is 26.9 Å². The van der Waals surface area contributed by atoms with Gasteiger partial charge in [-0.25, -0.2) is 4.79 Å². The Morgan fingerprint density at radius 3 is 2.47 bits per heavy atom. The second-order valence-corrected chi connectivity index (χ2v) is 8.75. The van der Waals surface area contributed by atoms with E-state index in [1.165, 1.54) is 13.2 Å². The van der Waals surface area contributed by atoms with Gasteiger partial charge in [0, 0.05) is 11.3 Å². The first-order valence-electron chi connectivity index (χ1n) is 11.1. The normalized spacial score (nSPS) is 10.8. The third kappa shape index (κ3) is 6.18. The van der Waals surface area contributed by atoms with E-state index in [1.54, 1.807) is 32.0 Å². The van der Waals surface area contributed by atoms with Gasteiger partial charge in [-0.2, -0.15) is 10.5 Å². The summed E-state index contributed by atoms with van der Waals surface area (Å²) in [6, 6.07) is 18.8. The third-order valence-electron chi connectivity index (χ3n) is 5.27. The molecule has 0 N–H and O–H groups in total. The standard InChI is InChI=1S/C28H24N2O5S/c1-4-34-28(32)27-18(2)22(16-30)26(36-27)14-23(31)21(15-29)12-20-10-11-24(25(13-20)33-3)35-17-19-8-6-5-7-9-19/h5-13H,4,14,17H2,1-3H3. The molecule has 0 saturated heterocycles. The summed E-state index contributed by atoms with van der Waals surface area (Å²) in [5, 5.41) is 19.2. The summed E-state index contributed by atoms with van der Waals surface area (Å²) in [5.41, 5.74) is 2.24. The Kier molecular flexibility index (Phi) is 8.99. The van der Waals surface area contributed by atoms with Gasteiger partial charge in [-0.3, -0.25) is 4.79 Å². The molecule has 3 rings (SSSR count). The second-order valence-electron chi connectivity index (χ2n) is 7.64. The molecule has 0 unspecified atom stereocenters. The highest BCUT2D eigenvalue weighted by atomic mass is 32.1. The van der Waals surface area contributed by atoms with Crippen molar-refractivity contribution >= 4 is 29.2 Å². The number of benzene rings is 2. The van der Waals surface area contributed by atoms with Crippen LogP contribution in [0.5, 0.6) is 11.5 Å². The summed E-state index contributed by atoms with van der Waals surface area (Å²) in [6.07, 6.45) is 1.28. The molecule has 0 saturated carbocycles. The van der Waals surface area contributed by atoms with E-state index in [0.717, 1.165) is 16.9 Å². The SMILES string of the molecule is CCOC(=O)c1sc(CC(=O)C(C#N)=Cc2ccc(OCc3ccccc3)c(OC)c2)c(C#N)c1C. The predicted molar refractivity (Wildman–Crippen MR) is 136 cm³/mol. The maximum Gasteiger partial charge on any atom is 0.348 e. The molecule has 3 aromatic rings. The molecule has 7 nitrogen and oxygen atoms in total. The molecule has 0 atom stereocenters. The van der Waals surface area contributed by atoms with E-state index in [2.05, 4.69) is 6.07 Å². The predicted octanol–water partition coefficient (Wildman–Crippen LogP) is 5.41. The highest BCUT2D eigenvalue weighted by Crippen LogP contribution is 2.31. The number of hydrogen-bond acceptors (Lipinski definition) is 8. The van der Waals surface area contributed by atoms with Crippen LogP contribution in [0.1, 0.15) is 43.7 Å². The Bertz CT molecular complexity index is 1380. The first kappa shape index (κ1) is 26.2. The molecule has 0 radical (unpaired) electrons. The van der Waals surface area contributed by atoms with Gasteiger partial charge in [-0.1, -0.05) is 36.4 Å². The average Bonchev–Trinajstić information content (AvgIpc) is 3.21. The number of carbonyl (C=O) groups is 2. The fourth-order valence-corrected chi connectivity index (χ4v) is 4.59. The molecule has 1 heterocycles. The fourth-order valence-electron chi connectivity index (χ4n) is 3.45. The average molecular weight is 501 g/mol. The maximum absolute atomic E-state index is 12.9. The second kappa shape index (κ2) is 12.3. The van der Waals surface area contributed by atoms with Crippen LogP contribution in [-0.2, 0) is 22.6 Å². The number of rotatable bonds is 10. The highest BCUT2D eigenvalue weighted by Gasteiger charge is 2.23. The number of ketones is 1. The minimum absolute atomic E-state index is 0.0809. The molecule has 0 spiro atoms. The van der Waals surface area contributed by atoms with E-state index in [0.29, 0.717) is 34.1 Å². The molecule has 1 aromatic heterocycles.